The van der Waals surface area contributed by atoms with Gasteiger partial charge in [0.15, 0.2) is 5.13 Å². The van der Waals surface area contributed by atoms with Crippen molar-refractivity contribution in [2.45, 2.75) is 25.3 Å². The van der Waals surface area contributed by atoms with Crippen molar-refractivity contribution in [3.8, 4) is 0 Å². The average Bonchev–Trinajstić information content (AvgIpc) is 3.29. The lowest BCUT2D eigenvalue weighted by Gasteiger charge is -2.06. The molecule has 116 valence electrons. The molecule has 1 N–H and O–H groups in total. The summed E-state index contributed by atoms with van der Waals surface area (Å²) in [5.74, 6) is 0.140. The van der Waals surface area contributed by atoms with Gasteiger partial charge >= 0.3 is 0 Å². The van der Waals surface area contributed by atoms with Gasteiger partial charge in [-0.25, -0.2) is 9.67 Å². The van der Waals surface area contributed by atoms with Crippen molar-refractivity contribution in [2.75, 3.05) is 5.32 Å². The molecule has 1 aromatic carbocycles. The molecule has 0 atom stereocenters. The Morgan fingerprint density at radius 3 is 2.87 bits per heavy atom. The zero-order valence-corrected chi connectivity index (χ0v) is 13.0. The highest BCUT2D eigenvalue weighted by atomic mass is 32.1. The number of thiazole rings is 1. The molecule has 0 bridgehead atoms. The molecule has 6 nitrogen and oxygen atoms in total. The first-order valence-electron chi connectivity index (χ1n) is 7.42. The fourth-order valence-corrected chi connectivity index (χ4v) is 3.28. The summed E-state index contributed by atoms with van der Waals surface area (Å²) in [7, 11) is 0. The molecule has 23 heavy (non-hydrogen) atoms. The number of hydrogen-bond donors (Lipinski definition) is 1. The van der Waals surface area contributed by atoms with Crippen LogP contribution in [-0.4, -0.2) is 20.7 Å². The zero-order chi connectivity index (χ0) is 15.8. The van der Waals surface area contributed by atoms with Crippen LogP contribution in [0.2, 0.25) is 0 Å². The van der Waals surface area contributed by atoms with Gasteiger partial charge in [-0.2, -0.15) is 5.10 Å². The highest BCUT2D eigenvalue weighted by molar-refractivity contribution is 7.22. The molecule has 4 rings (SSSR count). The molecule has 0 unspecified atom stereocenters. The predicted molar refractivity (Wildman–Crippen MR) is 88.7 cm³/mol. The largest absolute Gasteiger partial charge is 0.300 e. The molecule has 1 fully saturated rings. The number of anilines is 1. The van der Waals surface area contributed by atoms with Crippen LogP contribution < -0.4 is 10.9 Å². The van der Waals surface area contributed by atoms with E-state index in [4.69, 9.17) is 0 Å². The Labute approximate surface area is 135 Å². The van der Waals surface area contributed by atoms with Crippen LogP contribution in [0.25, 0.3) is 10.2 Å². The SMILES string of the molecule is O=C(Cn1nc(C2CC2)ccc1=O)Nc1nc2ccccc2s1. The summed E-state index contributed by atoms with van der Waals surface area (Å²) in [4.78, 5) is 28.4. The van der Waals surface area contributed by atoms with Crippen molar-refractivity contribution in [3.05, 3.63) is 52.4 Å². The molecule has 7 heteroatoms. The molecule has 2 heterocycles. The maximum Gasteiger partial charge on any atom is 0.267 e. The molecule has 1 aliphatic rings. The van der Waals surface area contributed by atoms with Crippen LogP contribution in [0.15, 0.2) is 41.2 Å². The van der Waals surface area contributed by atoms with Crippen LogP contribution in [0.1, 0.15) is 24.5 Å². The summed E-state index contributed by atoms with van der Waals surface area (Å²) in [6.45, 7) is -0.102. The lowest BCUT2D eigenvalue weighted by Crippen LogP contribution is -2.29. The number of nitrogens with zero attached hydrogens (tertiary/aromatic N) is 3. The van der Waals surface area contributed by atoms with Crippen molar-refractivity contribution in [3.63, 3.8) is 0 Å². The van der Waals surface area contributed by atoms with E-state index in [1.54, 1.807) is 6.07 Å². The van der Waals surface area contributed by atoms with Crippen molar-refractivity contribution in [1.29, 1.82) is 0 Å². The van der Waals surface area contributed by atoms with Crippen molar-refractivity contribution in [2.24, 2.45) is 0 Å². The topological polar surface area (TPSA) is 76.9 Å². The molecular weight excluding hydrogens is 312 g/mol. The third-order valence-corrected chi connectivity index (χ3v) is 4.67. The van der Waals surface area contributed by atoms with Crippen molar-refractivity contribution < 1.29 is 4.79 Å². The summed E-state index contributed by atoms with van der Waals surface area (Å²) in [6.07, 6.45) is 2.20. The summed E-state index contributed by atoms with van der Waals surface area (Å²) in [5.41, 5.74) is 1.46. The lowest BCUT2D eigenvalue weighted by atomic mass is 10.3. The number of fused-ring (bicyclic) bond motifs is 1. The van der Waals surface area contributed by atoms with Gasteiger partial charge in [-0.3, -0.25) is 9.59 Å². The normalized spacial score (nSPS) is 14.1. The number of para-hydroxylation sites is 1. The molecule has 3 aromatic rings. The van der Waals surface area contributed by atoms with Gasteiger partial charge in [-0.1, -0.05) is 23.5 Å². The van der Waals surface area contributed by atoms with E-state index in [1.807, 2.05) is 24.3 Å². The number of amides is 1. The smallest absolute Gasteiger partial charge is 0.267 e. The van der Waals surface area contributed by atoms with Crippen LogP contribution in [0, 0.1) is 0 Å². The molecular formula is C16H14N4O2S. The summed E-state index contributed by atoms with van der Waals surface area (Å²) in [6, 6.07) is 10.9. The second-order valence-electron chi connectivity index (χ2n) is 5.56. The highest BCUT2D eigenvalue weighted by Gasteiger charge is 2.25. The van der Waals surface area contributed by atoms with E-state index in [2.05, 4.69) is 15.4 Å². The maximum atomic E-state index is 12.2. The van der Waals surface area contributed by atoms with Crippen LogP contribution in [0.4, 0.5) is 5.13 Å². The molecule has 1 aliphatic carbocycles. The third-order valence-electron chi connectivity index (χ3n) is 3.72. The Kier molecular flexibility index (Phi) is 3.42. The van der Waals surface area contributed by atoms with E-state index in [9.17, 15) is 9.59 Å². The number of hydrogen-bond acceptors (Lipinski definition) is 5. The molecule has 1 saturated carbocycles. The second kappa shape index (κ2) is 5.58. The zero-order valence-electron chi connectivity index (χ0n) is 12.2. The van der Waals surface area contributed by atoms with Gasteiger partial charge in [0.25, 0.3) is 5.56 Å². The minimum atomic E-state index is -0.299. The average molecular weight is 326 g/mol. The number of nitrogens with one attached hydrogen (secondary N) is 1. The summed E-state index contributed by atoms with van der Waals surface area (Å²) in [5, 5.41) is 7.56. The lowest BCUT2D eigenvalue weighted by molar-refractivity contribution is -0.117. The van der Waals surface area contributed by atoms with Crippen LogP contribution >= 0.6 is 11.3 Å². The fourth-order valence-electron chi connectivity index (χ4n) is 2.40. The first-order valence-corrected chi connectivity index (χ1v) is 8.24. The molecule has 0 radical (unpaired) electrons. The Balaban J connectivity index is 1.51. The Bertz CT molecular complexity index is 909. The number of aromatic nitrogens is 3. The molecule has 0 spiro atoms. The number of carbonyl (C=O) groups is 1. The molecule has 0 aliphatic heterocycles. The maximum absolute atomic E-state index is 12.2. The van der Waals surface area contributed by atoms with E-state index < -0.39 is 0 Å². The van der Waals surface area contributed by atoms with Gasteiger partial charge < -0.3 is 5.32 Å². The highest BCUT2D eigenvalue weighted by Crippen LogP contribution is 2.38. The van der Waals surface area contributed by atoms with Gasteiger partial charge in [0, 0.05) is 12.0 Å². The number of benzene rings is 1. The molecule has 0 saturated heterocycles. The Morgan fingerprint density at radius 2 is 2.09 bits per heavy atom. The quantitative estimate of drug-likeness (QED) is 0.798. The standard InChI is InChI=1S/C16H14N4O2S/c21-14(18-16-17-12-3-1-2-4-13(12)23-16)9-20-15(22)8-7-11(19-20)10-5-6-10/h1-4,7-8,10H,5-6,9H2,(H,17,18,21). The first-order chi connectivity index (χ1) is 11.2. The predicted octanol–water partition coefficient (Wildman–Crippen LogP) is 2.37. The van der Waals surface area contributed by atoms with E-state index in [-0.39, 0.29) is 18.0 Å². The molecule has 1 amide bonds. The van der Waals surface area contributed by atoms with Gasteiger partial charge in [-0.15, -0.1) is 0 Å². The van der Waals surface area contributed by atoms with Gasteiger partial charge in [0.05, 0.1) is 15.9 Å². The summed E-state index contributed by atoms with van der Waals surface area (Å²) < 4.78 is 2.23. The second-order valence-corrected chi connectivity index (χ2v) is 6.59. The number of rotatable bonds is 4. The van der Waals surface area contributed by atoms with E-state index in [0.29, 0.717) is 11.0 Å². The van der Waals surface area contributed by atoms with E-state index in [0.717, 1.165) is 28.8 Å². The number of carbonyl (C=O) groups excluding carboxylic acids is 1. The van der Waals surface area contributed by atoms with Crippen LogP contribution in [0.3, 0.4) is 0 Å². The van der Waals surface area contributed by atoms with E-state index >= 15 is 0 Å². The first kappa shape index (κ1) is 14.1. The minimum Gasteiger partial charge on any atom is -0.300 e. The minimum absolute atomic E-state index is 0.102. The fraction of sp³-hybridized carbons (Fsp3) is 0.250. The summed E-state index contributed by atoms with van der Waals surface area (Å²) >= 11 is 1.41. The van der Waals surface area contributed by atoms with Crippen LogP contribution in [-0.2, 0) is 11.3 Å². The third kappa shape index (κ3) is 3.00. The Hall–Kier alpha value is -2.54. The van der Waals surface area contributed by atoms with Gasteiger partial charge in [0.2, 0.25) is 5.91 Å². The van der Waals surface area contributed by atoms with Crippen LogP contribution in [0.5, 0.6) is 0 Å². The Morgan fingerprint density at radius 1 is 1.26 bits per heavy atom. The monoisotopic (exact) mass is 326 g/mol. The van der Waals surface area contributed by atoms with Gasteiger partial charge in [0.1, 0.15) is 6.54 Å². The van der Waals surface area contributed by atoms with Gasteiger partial charge in [-0.05, 0) is 31.0 Å². The van der Waals surface area contributed by atoms with Crippen molar-refractivity contribution in [1.82, 2.24) is 14.8 Å². The van der Waals surface area contributed by atoms with Crippen molar-refractivity contribution >= 4 is 32.6 Å². The molecule has 2 aromatic heterocycles. The van der Waals surface area contributed by atoms with E-state index in [1.165, 1.54) is 22.1 Å².